The van der Waals surface area contributed by atoms with Crippen molar-refractivity contribution in [2.75, 3.05) is 12.3 Å². The number of hydrogen-bond donors (Lipinski definition) is 2. The Morgan fingerprint density at radius 1 is 1.67 bits per heavy atom. The molecule has 0 fully saturated rings. The van der Waals surface area contributed by atoms with Crippen molar-refractivity contribution in [3.63, 3.8) is 0 Å². The van der Waals surface area contributed by atoms with Crippen LogP contribution in [0.4, 0.5) is 0 Å². The van der Waals surface area contributed by atoms with Gasteiger partial charge in [0.25, 0.3) is 0 Å². The Hall–Kier alpha value is -0.660. The summed E-state index contributed by atoms with van der Waals surface area (Å²) in [5.74, 6) is 0.204. The van der Waals surface area contributed by atoms with Crippen molar-refractivity contribution in [2.45, 2.75) is 24.3 Å². The first-order chi connectivity index (χ1) is 7.08. The monoisotopic (exact) mass is 247 g/mol. The minimum Gasteiger partial charge on any atom is -0.392 e. The lowest BCUT2D eigenvalue weighted by Crippen LogP contribution is -2.31. The second kappa shape index (κ2) is 6.04. The Labute approximate surface area is 96.3 Å². The zero-order valence-electron chi connectivity index (χ0n) is 8.56. The van der Waals surface area contributed by atoms with Crippen molar-refractivity contribution in [3.05, 3.63) is 5.01 Å². The van der Waals surface area contributed by atoms with Crippen LogP contribution in [0.1, 0.15) is 11.9 Å². The molecule has 0 bridgehead atoms. The van der Waals surface area contributed by atoms with E-state index in [0.29, 0.717) is 5.75 Å². The number of nitrogens with one attached hydrogen (secondary N) is 1. The lowest BCUT2D eigenvalue weighted by molar-refractivity contribution is -0.118. The molecule has 0 aliphatic rings. The van der Waals surface area contributed by atoms with Gasteiger partial charge in [-0.15, -0.1) is 10.2 Å². The van der Waals surface area contributed by atoms with E-state index in [0.717, 1.165) is 9.35 Å². The molecule has 5 nitrogen and oxygen atoms in total. The predicted octanol–water partition coefficient (Wildman–Crippen LogP) is 0.436. The number of aromatic nitrogens is 2. The topological polar surface area (TPSA) is 75.1 Å². The number of nitrogens with zero attached hydrogens (tertiary/aromatic N) is 2. The molecule has 0 radical (unpaired) electrons. The zero-order chi connectivity index (χ0) is 11.3. The molecule has 0 saturated heterocycles. The Morgan fingerprint density at radius 3 is 2.93 bits per heavy atom. The fourth-order valence-corrected chi connectivity index (χ4v) is 2.42. The molecule has 0 aromatic carbocycles. The summed E-state index contributed by atoms with van der Waals surface area (Å²) in [5.41, 5.74) is 0. The van der Waals surface area contributed by atoms with Crippen molar-refractivity contribution in [2.24, 2.45) is 0 Å². The van der Waals surface area contributed by atoms with E-state index < -0.39 is 6.10 Å². The summed E-state index contributed by atoms with van der Waals surface area (Å²) in [6.07, 6.45) is -0.511. The Balaban J connectivity index is 2.22. The maximum atomic E-state index is 11.2. The molecule has 84 valence electrons. The van der Waals surface area contributed by atoms with Gasteiger partial charge >= 0.3 is 0 Å². The van der Waals surface area contributed by atoms with Crippen LogP contribution in [0.15, 0.2) is 4.34 Å². The van der Waals surface area contributed by atoms with E-state index in [4.69, 9.17) is 5.11 Å². The van der Waals surface area contributed by atoms with Gasteiger partial charge in [-0.25, -0.2) is 0 Å². The molecule has 0 unspecified atom stereocenters. The smallest absolute Gasteiger partial charge is 0.230 e. The summed E-state index contributed by atoms with van der Waals surface area (Å²) in [6, 6.07) is 0. The standard InChI is InChI=1S/C8H13N3O2S2/c1-5(12)3-9-7(13)4-14-8-11-10-6(2)15-8/h5,12H,3-4H2,1-2H3,(H,9,13)/t5-/m1/s1. The first-order valence-corrected chi connectivity index (χ1v) is 6.26. The lowest BCUT2D eigenvalue weighted by atomic mass is 10.4. The number of carbonyl (C=O) groups excluding carboxylic acids is 1. The average Bonchev–Trinajstić information content (AvgIpc) is 2.58. The van der Waals surface area contributed by atoms with Gasteiger partial charge in [0.15, 0.2) is 4.34 Å². The van der Waals surface area contributed by atoms with Crippen LogP contribution in [0.25, 0.3) is 0 Å². The van der Waals surface area contributed by atoms with Crippen LogP contribution in [0.5, 0.6) is 0 Å². The van der Waals surface area contributed by atoms with Gasteiger partial charge in [-0.05, 0) is 13.8 Å². The molecule has 1 amide bonds. The van der Waals surface area contributed by atoms with Crippen LogP contribution in [-0.4, -0.2) is 39.6 Å². The van der Waals surface area contributed by atoms with Gasteiger partial charge < -0.3 is 10.4 Å². The maximum Gasteiger partial charge on any atom is 0.230 e. The SMILES string of the molecule is Cc1nnc(SCC(=O)NC[C@@H](C)O)s1. The second-order valence-electron chi connectivity index (χ2n) is 3.03. The van der Waals surface area contributed by atoms with Gasteiger partial charge in [0.1, 0.15) is 5.01 Å². The average molecular weight is 247 g/mol. The van der Waals surface area contributed by atoms with Crippen LogP contribution in [0, 0.1) is 6.92 Å². The first kappa shape index (κ1) is 12.4. The van der Waals surface area contributed by atoms with Gasteiger partial charge in [0, 0.05) is 6.54 Å². The van der Waals surface area contributed by atoms with Crippen molar-refractivity contribution >= 4 is 29.0 Å². The quantitative estimate of drug-likeness (QED) is 0.738. The number of hydrogen-bond acceptors (Lipinski definition) is 6. The summed E-state index contributed by atoms with van der Waals surface area (Å²) in [5, 5.41) is 20.2. The third-order valence-electron chi connectivity index (χ3n) is 1.43. The molecule has 0 saturated carbocycles. The van der Waals surface area contributed by atoms with Crippen LogP contribution in [-0.2, 0) is 4.79 Å². The first-order valence-electron chi connectivity index (χ1n) is 4.45. The third kappa shape index (κ3) is 5.10. The van der Waals surface area contributed by atoms with E-state index in [1.165, 1.54) is 23.1 Å². The molecule has 7 heteroatoms. The van der Waals surface area contributed by atoms with E-state index in [2.05, 4.69) is 15.5 Å². The van der Waals surface area contributed by atoms with E-state index in [1.54, 1.807) is 6.92 Å². The minimum atomic E-state index is -0.511. The molecule has 0 aliphatic heterocycles. The molecule has 15 heavy (non-hydrogen) atoms. The largest absolute Gasteiger partial charge is 0.392 e. The van der Waals surface area contributed by atoms with Gasteiger partial charge in [0.05, 0.1) is 11.9 Å². The minimum absolute atomic E-state index is 0.103. The van der Waals surface area contributed by atoms with E-state index in [9.17, 15) is 4.79 Å². The van der Waals surface area contributed by atoms with Crippen LogP contribution < -0.4 is 5.32 Å². The van der Waals surface area contributed by atoms with E-state index >= 15 is 0 Å². The molecule has 1 atom stereocenters. The third-order valence-corrected chi connectivity index (χ3v) is 3.40. The summed E-state index contributed by atoms with van der Waals surface area (Å²) in [7, 11) is 0. The van der Waals surface area contributed by atoms with Gasteiger partial charge in [-0.3, -0.25) is 4.79 Å². The second-order valence-corrected chi connectivity index (χ2v) is 5.43. The highest BCUT2D eigenvalue weighted by Gasteiger charge is 2.06. The maximum absolute atomic E-state index is 11.2. The van der Waals surface area contributed by atoms with Crippen LogP contribution >= 0.6 is 23.1 Å². The number of thioether (sulfide) groups is 1. The molecule has 1 rings (SSSR count). The highest BCUT2D eigenvalue weighted by Crippen LogP contribution is 2.21. The molecule has 1 heterocycles. The van der Waals surface area contributed by atoms with Crippen molar-refractivity contribution in [1.82, 2.24) is 15.5 Å². The summed E-state index contributed by atoms with van der Waals surface area (Å²) in [6.45, 7) is 3.78. The van der Waals surface area contributed by atoms with Gasteiger partial charge in [-0.2, -0.15) is 0 Å². The fraction of sp³-hybridized carbons (Fsp3) is 0.625. The summed E-state index contributed by atoms with van der Waals surface area (Å²) >= 11 is 2.82. The number of aryl methyl sites for hydroxylation is 1. The molecule has 1 aromatic rings. The Kier molecular flexibility index (Phi) is 5.00. The van der Waals surface area contributed by atoms with Gasteiger partial charge in [0.2, 0.25) is 5.91 Å². The normalized spacial score (nSPS) is 12.5. The van der Waals surface area contributed by atoms with Crippen molar-refractivity contribution in [1.29, 1.82) is 0 Å². The molecular weight excluding hydrogens is 234 g/mol. The Bertz CT molecular complexity index is 327. The van der Waals surface area contributed by atoms with Gasteiger partial charge in [-0.1, -0.05) is 23.1 Å². The lowest BCUT2D eigenvalue weighted by Gasteiger charge is -2.05. The number of rotatable bonds is 5. The molecule has 0 spiro atoms. The van der Waals surface area contributed by atoms with Crippen molar-refractivity contribution in [3.8, 4) is 0 Å². The molecular formula is C8H13N3O2S2. The highest BCUT2D eigenvalue weighted by molar-refractivity contribution is 8.01. The molecule has 0 aliphatic carbocycles. The number of aliphatic hydroxyl groups excluding tert-OH is 1. The zero-order valence-corrected chi connectivity index (χ0v) is 10.2. The summed E-state index contributed by atoms with van der Waals surface area (Å²) in [4.78, 5) is 11.2. The number of amides is 1. The number of carbonyl (C=O) groups is 1. The highest BCUT2D eigenvalue weighted by atomic mass is 32.2. The predicted molar refractivity (Wildman–Crippen MR) is 60.1 cm³/mol. The van der Waals surface area contributed by atoms with E-state index in [1.807, 2.05) is 6.92 Å². The fourth-order valence-electron chi connectivity index (χ4n) is 0.777. The van der Waals surface area contributed by atoms with Crippen LogP contribution in [0.3, 0.4) is 0 Å². The Morgan fingerprint density at radius 2 is 2.40 bits per heavy atom. The molecule has 2 N–H and O–H groups in total. The van der Waals surface area contributed by atoms with Crippen LogP contribution in [0.2, 0.25) is 0 Å². The number of aliphatic hydroxyl groups is 1. The molecule has 1 aromatic heterocycles. The van der Waals surface area contributed by atoms with Crippen molar-refractivity contribution < 1.29 is 9.90 Å². The summed E-state index contributed by atoms with van der Waals surface area (Å²) < 4.78 is 0.791. The van der Waals surface area contributed by atoms with E-state index in [-0.39, 0.29) is 12.5 Å².